The Labute approximate surface area is 160 Å². The second-order valence-corrected chi connectivity index (χ2v) is 6.69. The van der Waals surface area contributed by atoms with E-state index in [1.165, 1.54) is 12.7 Å². The molecule has 1 saturated heterocycles. The van der Waals surface area contributed by atoms with Crippen molar-refractivity contribution in [3.63, 3.8) is 0 Å². The molecule has 0 radical (unpaired) electrons. The van der Waals surface area contributed by atoms with E-state index >= 15 is 0 Å². The molecule has 2 aromatic carbocycles. The predicted octanol–water partition coefficient (Wildman–Crippen LogP) is 2.29. The highest BCUT2D eigenvalue weighted by Gasteiger charge is 2.34. The van der Waals surface area contributed by atoms with Gasteiger partial charge in [0.15, 0.2) is 5.82 Å². The van der Waals surface area contributed by atoms with Crippen molar-refractivity contribution in [1.82, 2.24) is 24.7 Å². The molecule has 138 valence electrons. The highest BCUT2D eigenvalue weighted by molar-refractivity contribution is 6.03. The van der Waals surface area contributed by atoms with Crippen molar-refractivity contribution >= 4 is 28.2 Å². The molecule has 0 aliphatic carbocycles. The lowest BCUT2D eigenvalue weighted by Crippen LogP contribution is -2.52. The average Bonchev–Trinajstić information content (AvgIpc) is 3.22. The summed E-state index contributed by atoms with van der Waals surface area (Å²) in [6, 6.07) is 15.8. The zero-order valence-corrected chi connectivity index (χ0v) is 14.9. The van der Waals surface area contributed by atoms with Gasteiger partial charge in [-0.25, -0.2) is 19.6 Å². The van der Waals surface area contributed by atoms with Crippen molar-refractivity contribution in [2.45, 2.75) is 0 Å². The van der Waals surface area contributed by atoms with Crippen LogP contribution < -0.4 is 10.2 Å². The molecule has 28 heavy (non-hydrogen) atoms. The number of carbonyl (C=O) groups is 1. The zero-order chi connectivity index (χ0) is 18.9. The molecule has 8 nitrogen and oxygen atoms in total. The number of nitrogens with one attached hydrogen (secondary N) is 1. The smallest absolute Gasteiger partial charge is 0.231 e. The third-order valence-electron chi connectivity index (χ3n) is 4.92. The fourth-order valence-corrected chi connectivity index (χ4v) is 3.36. The minimum absolute atomic E-state index is 0.0261. The van der Waals surface area contributed by atoms with E-state index in [1.54, 1.807) is 11.0 Å². The topological polar surface area (TPSA) is 88.8 Å². The molecule has 1 N–H and O–H groups in total. The lowest BCUT2D eigenvalue weighted by atomic mass is 9.98. The number of amides is 1. The summed E-state index contributed by atoms with van der Waals surface area (Å²) < 4.78 is 1.58. The highest BCUT2D eigenvalue weighted by Crippen LogP contribution is 2.27. The molecule has 0 bridgehead atoms. The van der Waals surface area contributed by atoms with Gasteiger partial charge in [-0.2, -0.15) is 5.10 Å². The van der Waals surface area contributed by atoms with Crippen LogP contribution in [-0.2, 0) is 4.79 Å². The van der Waals surface area contributed by atoms with Gasteiger partial charge in [-0.15, -0.1) is 0 Å². The normalized spacial score (nSPS) is 14.1. The first-order valence-corrected chi connectivity index (χ1v) is 8.98. The van der Waals surface area contributed by atoms with Crippen molar-refractivity contribution in [3.05, 3.63) is 67.5 Å². The fourth-order valence-electron chi connectivity index (χ4n) is 3.36. The summed E-state index contributed by atoms with van der Waals surface area (Å²) in [7, 11) is 0. The lowest BCUT2D eigenvalue weighted by molar-refractivity contribution is -0.120. The number of carbonyl (C=O) groups excluding carboxylic acids is 1. The summed E-state index contributed by atoms with van der Waals surface area (Å²) >= 11 is 0. The first-order valence-electron chi connectivity index (χ1n) is 8.98. The Balaban J connectivity index is 1.27. The van der Waals surface area contributed by atoms with Gasteiger partial charge in [-0.05, 0) is 11.5 Å². The Hall–Kier alpha value is -3.81. The molecule has 8 heteroatoms. The van der Waals surface area contributed by atoms with E-state index in [0.717, 1.165) is 22.3 Å². The van der Waals surface area contributed by atoms with Crippen molar-refractivity contribution in [2.24, 2.45) is 5.92 Å². The number of benzene rings is 2. The number of hydrogen-bond acceptors (Lipinski definition) is 6. The summed E-state index contributed by atoms with van der Waals surface area (Å²) in [6.07, 6.45) is 4.54. The van der Waals surface area contributed by atoms with Crippen molar-refractivity contribution in [2.75, 3.05) is 23.3 Å². The zero-order valence-electron chi connectivity index (χ0n) is 14.9. The maximum absolute atomic E-state index is 12.7. The standard InChI is InChI=1S/C20H17N7O/c28-20(25-17-7-3-5-14-4-1-2-6-16(14)17)15-9-26(10-15)18-8-19(23-12-22-18)27-13-21-11-24-27/h1-8,11-13,15H,9-10H2,(H,25,28). The molecule has 0 unspecified atom stereocenters. The number of hydrogen-bond donors (Lipinski definition) is 1. The van der Waals surface area contributed by atoms with Crippen LogP contribution in [0.15, 0.2) is 67.5 Å². The molecule has 1 aliphatic rings. The molecule has 0 atom stereocenters. The summed E-state index contributed by atoms with van der Waals surface area (Å²) in [4.78, 5) is 27.2. The average molecular weight is 371 g/mol. The minimum Gasteiger partial charge on any atom is -0.355 e. The molecule has 5 rings (SSSR count). The molecule has 1 aliphatic heterocycles. The number of aromatic nitrogens is 5. The van der Waals surface area contributed by atoms with Crippen LogP contribution in [0.2, 0.25) is 0 Å². The number of anilines is 2. The SMILES string of the molecule is O=C(Nc1cccc2ccccc12)C1CN(c2cc(-n3cncn3)ncn2)C1. The Kier molecular flexibility index (Phi) is 3.93. The first-order chi connectivity index (χ1) is 13.8. The van der Waals surface area contributed by atoms with Gasteiger partial charge in [0.25, 0.3) is 0 Å². The monoisotopic (exact) mass is 371 g/mol. The van der Waals surface area contributed by atoms with Gasteiger partial charge in [0.2, 0.25) is 5.91 Å². The van der Waals surface area contributed by atoms with Crippen molar-refractivity contribution < 1.29 is 4.79 Å². The largest absolute Gasteiger partial charge is 0.355 e. The Morgan fingerprint density at radius 2 is 1.82 bits per heavy atom. The van der Waals surface area contributed by atoms with Crippen LogP contribution in [-0.4, -0.2) is 43.7 Å². The van der Waals surface area contributed by atoms with Crippen LogP contribution >= 0.6 is 0 Å². The fraction of sp³-hybridized carbons (Fsp3) is 0.150. The van der Waals surface area contributed by atoms with E-state index in [2.05, 4.69) is 30.3 Å². The lowest BCUT2D eigenvalue weighted by Gasteiger charge is -2.39. The van der Waals surface area contributed by atoms with Crippen LogP contribution in [0, 0.1) is 5.92 Å². The van der Waals surface area contributed by atoms with Gasteiger partial charge in [-0.1, -0.05) is 36.4 Å². The quantitative estimate of drug-likeness (QED) is 0.592. The van der Waals surface area contributed by atoms with Gasteiger partial charge < -0.3 is 10.2 Å². The van der Waals surface area contributed by atoms with E-state index < -0.39 is 0 Å². The minimum atomic E-state index is -0.0799. The number of rotatable bonds is 4. The maximum atomic E-state index is 12.7. The molecule has 4 aromatic rings. The van der Waals surface area contributed by atoms with Crippen LogP contribution in [0.25, 0.3) is 16.6 Å². The van der Waals surface area contributed by atoms with Crippen LogP contribution in [0.5, 0.6) is 0 Å². The second kappa shape index (κ2) is 6.73. The third kappa shape index (κ3) is 2.94. The second-order valence-electron chi connectivity index (χ2n) is 6.69. The van der Waals surface area contributed by atoms with E-state index in [4.69, 9.17) is 0 Å². The predicted molar refractivity (Wildman–Crippen MR) is 105 cm³/mol. The molecule has 0 spiro atoms. The molecule has 2 aromatic heterocycles. The van der Waals surface area contributed by atoms with Gasteiger partial charge in [-0.3, -0.25) is 4.79 Å². The van der Waals surface area contributed by atoms with Crippen LogP contribution in [0.1, 0.15) is 0 Å². The third-order valence-corrected chi connectivity index (χ3v) is 4.92. The van der Waals surface area contributed by atoms with Crippen LogP contribution in [0.3, 0.4) is 0 Å². The summed E-state index contributed by atoms with van der Waals surface area (Å²) in [5, 5.41) is 9.30. The highest BCUT2D eigenvalue weighted by atomic mass is 16.2. The van der Waals surface area contributed by atoms with E-state index in [9.17, 15) is 4.79 Å². The van der Waals surface area contributed by atoms with Gasteiger partial charge in [0.05, 0.1) is 5.92 Å². The summed E-state index contributed by atoms with van der Waals surface area (Å²) in [6.45, 7) is 1.23. The first kappa shape index (κ1) is 16.4. The van der Waals surface area contributed by atoms with Crippen molar-refractivity contribution in [1.29, 1.82) is 0 Å². The number of fused-ring (bicyclic) bond motifs is 1. The molecule has 3 heterocycles. The van der Waals surface area contributed by atoms with Gasteiger partial charge in [0, 0.05) is 30.2 Å². The maximum Gasteiger partial charge on any atom is 0.231 e. The Bertz CT molecular complexity index is 1130. The molecule has 1 fully saturated rings. The molecular formula is C20H17N7O. The van der Waals surface area contributed by atoms with Gasteiger partial charge in [0.1, 0.15) is 24.8 Å². The number of nitrogens with zero attached hydrogens (tertiary/aromatic N) is 6. The van der Waals surface area contributed by atoms with E-state index in [-0.39, 0.29) is 11.8 Å². The van der Waals surface area contributed by atoms with Crippen molar-refractivity contribution in [3.8, 4) is 5.82 Å². The summed E-state index contributed by atoms with van der Waals surface area (Å²) in [5.74, 6) is 1.36. The van der Waals surface area contributed by atoms with Gasteiger partial charge >= 0.3 is 0 Å². The molecule has 0 saturated carbocycles. The Morgan fingerprint density at radius 3 is 2.68 bits per heavy atom. The van der Waals surface area contributed by atoms with Crippen LogP contribution in [0.4, 0.5) is 11.5 Å². The molecule has 1 amide bonds. The van der Waals surface area contributed by atoms with E-state index in [1.807, 2.05) is 48.5 Å². The summed E-state index contributed by atoms with van der Waals surface area (Å²) in [5.41, 5.74) is 0.844. The van der Waals surface area contributed by atoms with E-state index in [0.29, 0.717) is 18.9 Å². The Morgan fingerprint density at radius 1 is 1.00 bits per heavy atom. The molecular weight excluding hydrogens is 354 g/mol.